The van der Waals surface area contributed by atoms with Crippen molar-refractivity contribution >= 4 is 22.7 Å². The molecule has 3 saturated carbocycles. The second-order valence-corrected chi connectivity index (χ2v) is 11.2. The highest BCUT2D eigenvalue weighted by Gasteiger charge is 2.67. The molecule has 6 rings (SSSR count). The Labute approximate surface area is 199 Å². The van der Waals surface area contributed by atoms with Crippen LogP contribution >= 0.6 is 0 Å². The number of carbonyl (C=O) groups is 2. The van der Waals surface area contributed by atoms with E-state index in [2.05, 4.69) is 16.8 Å². The van der Waals surface area contributed by atoms with Crippen LogP contribution < -0.4 is 10.8 Å². The maximum absolute atomic E-state index is 13.0. The summed E-state index contributed by atoms with van der Waals surface area (Å²) in [6.07, 6.45) is 8.69. The number of amides is 2. The van der Waals surface area contributed by atoms with Gasteiger partial charge < -0.3 is 9.88 Å². The molecule has 0 saturated heterocycles. The Hall–Kier alpha value is -3.12. The minimum Gasteiger partial charge on any atom is -0.351 e. The minimum absolute atomic E-state index is 0.0228. The molecule has 6 heteroatoms. The highest BCUT2D eigenvalue weighted by atomic mass is 16.5. The predicted molar refractivity (Wildman–Crippen MR) is 130 cm³/mol. The quantitative estimate of drug-likeness (QED) is 0.369. The maximum atomic E-state index is 13.0. The summed E-state index contributed by atoms with van der Waals surface area (Å²) in [5, 5.41) is 13.1. The number of nitrogens with one attached hydrogen (secondary N) is 2. The van der Waals surface area contributed by atoms with E-state index in [9.17, 15) is 9.59 Å². The first-order valence-corrected chi connectivity index (χ1v) is 12.3. The van der Waals surface area contributed by atoms with Gasteiger partial charge in [-0.1, -0.05) is 19.1 Å². The second-order valence-electron chi connectivity index (χ2n) is 11.2. The molecular weight excluding hydrogens is 426 g/mol. The predicted octanol–water partition coefficient (Wildman–Crippen LogP) is 4.75. The molecule has 0 radical (unpaired) electrons. The SMILES string of the molecule is CC1CC2(CNC(=O)c3ccc4c(ccn4Cc4ccc(C(=O)NO)cc4)c3)CC3CC3(C1)C2. The van der Waals surface area contributed by atoms with Gasteiger partial charge in [0.05, 0.1) is 0 Å². The molecule has 6 nitrogen and oxygen atoms in total. The van der Waals surface area contributed by atoms with Gasteiger partial charge >= 0.3 is 0 Å². The Kier molecular flexibility index (Phi) is 4.85. The number of rotatable bonds is 6. The van der Waals surface area contributed by atoms with Crippen LogP contribution in [0.2, 0.25) is 0 Å². The molecule has 1 aromatic heterocycles. The fourth-order valence-electron chi connectivity index (χ4n) is 7.34. The third-order valence-corrected chi connectivity index (χ3v) is 8.63. The standard InChI is InChI=1S/C28H31N3O3/c1-18-11-27(13-23-14-28(23,12-18)16-27)17-29-25(32)22-6-7-24-21(10-22)8-9-31(24)15-19-2-4-20(5-3-19)26(33)30-34/h2-10,18,23,34H,11-17H2,1H3,(H,29,32)(H,30,33). The van der Waals surface area contributed by atoms with Crippen molar-refractivity contribution in [1.29, 1.82) is 0 Å². The van der Waals surface area contributed by atoms with Crippen molar-refractivity contribution in [2.45, 2.75) is 45.6 Å². The normalized spacial score (nSPS) is 29.0. The molecular formula is C28H31N3O3. The van der Waals surface area contributed by atoms with Crippen molar-refractivity contribution in [2.75, 3.05) is 6.54 Å². The number of nitrogens with zero attached hydrogens (tertiary/aromatic N) is 1. The number of hydrogen-bond donors (Lipinski definition) is 3. The van der Waals surface area contributed by atoms with Crippen LogP contribution in [0.5, 0.6) is 0 Å². The number of aromatic nitrogens is 1. The Balaban J connectivity index is 1.13. The Morgan fingerprint density at radius 1 is 1.00 bits per heavy atom. The monoisotopic (exact) mass is 457 g/mol. The fourth-order valence-corrected chi connectivity index (χ4v) is 7.34. The minimum atomic E-state index is -0.523. The molecule has 1 spiro atoms. The zero-order chi connectivity index (χ0) is 23.5. The highest BCUT2D eigenvalue weighted by molar-refractivity contribution is 5.98. The number of hydrogen-bond acceptors (Lipinski definition) is 3. The van der Waals surface area contributed by atoms with E-state index in [1.807, 2.05) is 42.6 Å². The molecule has 2 amide bonds. The lowest BCUT2D eigenvalue weighted by molar-refractivity contribution is 0.0706. The molecule has 2 bridgehead atoms. The van der Waals surface area contributed by atoms with E-state index in [0.29, 0.717) is 28.5 Å². The highest BCUT2D eigenvalue weighted by Crippen LogP contribution is 2.75. The zero-order valence-corrected chi connectivity index (χ0v) is 19.5. The first kappa shape index (κ1) is 21.4. The molecule has 0 aliphatic heterocycles. The van der Waals surface area contributed by atoms with Crippen LogP contribution in [0.3, 0.4) is 0 Å². The van der Waals surface area contributed by atoms with Crippen LogP contribution in [0.1, 0.15) is 65.3 Å². The molecule has 3 N–H and O–H groups in total. The van der Waals surface area contributed by atoms with Gasteiger partial charge in [-0.15, -0.1) is 0 Å². The van der Waals surface area contributed by atoms with E-state index in [1.165, 1.54) is 32.1 Å². The van der Waals surface area contributed by atoms with Crippen LogP contribution in [-0.4, -0.2) is 28.1 Å². The van der Waals surface area contributed by atoms with E-state index in [-0.39, 0.29) is 5.91 Å². The summed E-state index contributed by atoms with van der Waals surface area (Å²) in [6.45, 7) is 3.84. The van der Waals surface area contributed by atoms with Crippen LogP contribution in [-0.2, 0) is 6.54 Å². The summed E-state index contributed by atoms with van der Waals surface area (Å²) in [7, 11) is 0. The molecule has 34 heavy (non-hydrogen) atoms. The molecule has 2 aromatic carbocycles. The molecule has 4 unspecified atom stereocenters. The van der Waals surface area contributed by atoms with Crippen molar-refractivity contribution in [3.05, 3.63) is 71.4 Å². The molecule has 176 valence electrons. The molecule has 4 atom stereocenters. The van der Waals surface area contributed by atoms with Crippen molar-refractivity contribution < 1.29 is 14.8 Å². The molecule has 1 heterocycles. The van der Waals surface area contributed by atoms with E-state index in [0.717, 1.165) is 34.8 Å². The first-order chi connectivity index (χ1) is 16.4. The summed E-state index contributed by atoms with van der Waals surface area (Å²) in [5.74, 6) is 1.19. The molecule has 3 aliphatic carbocycles. The number of carbonyl (C=O) groups excluding carboxylic acids is 2. The second kappa shape index (κ2) is 7.70. The van der Waals surface area contributed by atoms with Crippen molar-refractivity contribution in [3.8, 4) is 0 Å². The lowest BCUT2D eigenvalue weighted by Crippen LogP contribution is -2.40. The molecule has 3 aromatic rings. The van der Waals surface area contributed by atoms with Gasteiger partial charge in [0, 0.05) is 41.3 Å². The van der Waals surface area contributed by atoms with Gasteiger partial charge in [-0.3, -0.25) is 14.8 Å². The third-order valence-electron chi connectivity index (χ3n) is 8.63. The van der Waals surface area contributed by atoms with E-state index < -0.39 is 5.91 Å². The molecule has 3 fully saturated rings. The van der Waals surface area contributed by atoms with Crippen molar-refractivity contribution in [1.82, 2.24) is 15.4 Å². The van der Waals surface area contributed by atoms with Crippen molar-refractivity contribution in [3.63, 3.8) is 0 Å². The largest absolute Gasteiger partial charge is 0.351 e. The maximum Gasteiger partial charge on any atom is 0.274 e. The van der Waals surface area contributed by atoms with Crippen LogP contribution in [0.15, 0.2) is 54.7 Å². The number of benzene rings is 2. The van der Waals surface area contributed by atoms with Gasteiger partial charge in [-0.05, 0) is 96.7 Å². The fraction of sp³-hybridized carbons (Fsp3) is 0.429. The summed E-state index contributed by atoms with van der Waals surface area (Å²) in [5.41, 5.74) is 5.81. The van der Waals surface area contributed by atoms with Crippen LogP contribution in [0.25, 0.3) is 10.9 Å². The smallest absolute Gasteiger partial charge is 0.274 e. The number of fused-ring (bicyclic) bond motifs is 2. The topological polar surface area (TPSA) is 83.4 Å². The van der Waals surface area contributed by atoms with Gasteiger partial charge in [0.2, 0.25) is 0 Å². The lowest BCUT2D eigenvalue weighted by Gasteiger charge is -2.40. The Morgan fingerprint density at radius 2 is 1.79 bits per heavy atom. The third kappa shape index (κ3) is 3.61. The Bertz CT molecular complexity index is 1280. The van der Waals surface area contributed by atoms with Gasteiger partial charge in [-0.2, -0.15) is 0 Å². The van der Waals surface area contributed by atoms with Crippen LogP contribution in [0, 0.1) is 22.7 Å². The average Bonchev–Trinajstić information content (AvgIpc) is 3.19. The van der Waals surface area contributed by atoms with E-state index in [4.69, 9.17) is 5.21 Å². The van der Waals surface area contributed by atoms with Gasteiger partial charge in [-0.25, -0.2) is 5.48 Å². The van der Waals surface area contributed by atoms with Gasteiger partial charge in [0.1, 0.15) is 0 Å². The summed E-state index contributed by atoms with van der Waals surface area (Å²) >= 11 is 0. The summed E-state index contributed by atoms with van der Waals surface area (Å²) < 4.78 is 2.13. The van der Waals surface area contributed by atoms with Gasteiger partial charge in [0.15, 0.2) is 0 Å². The first-order valence-electron chi connectivity index (χ1n) is 12.3. The average molecular weight is 458 g/mol. The summed E-state index contributed by atoms with van der Waals surface area (Å²) in [6, 6.07) is 15.1. The summed E-state index contributed by atoms with van der Waals surface area (Å²) in [4.78, 5) is 24.5. The van der Waals surface area contributed by atoms with Crippen LogP contribution in [0.4, 0.5) is 0 Å². The van der Waals surface area contributed by atoms with E-state index in [1.54, 1.807) is 17.6 Å². The van der Waals surface area contributed by atoms with Gasteiger partial charge in [0.25, 0.3) is 11.8 Å². The zero-order valence-electron chi connectivity index (χ0n) is 19.5. The Morgan fingerprint density at radius 3 is 2.59 bits per heavy atom. The number of hydroxylamine groups is 1. The van der Waals surface area contributed by atoms with E-state index >= 15 is 0 Å². The lowest BCUT2D eigenvalue weighted by atomic mass is 9.67. The molecule has 3 aliphatic rings. The van der Waals surface area contributed by atoms with Crippen molar-refractivity contribution in [2.24, 2.45) is 22.7 Å².